The number of rotatable bonds is 8. The second-order valence-corrected chi connectivity index (χ2v) is 10.1. The van der Waals surface area contributed by atoms with E-state index in [0.717, 1.165) is 16.7 Å². The van der Waals surface area contributed by atoms with E-state index in [1.54, 1.807) is 37.3 Å². The van der Waals surface area contributed by atoms with Crippen molar-refractivity contribution in [2.24, 2.45) is 5.92 Å². The Balaban J connectivity index is 0.000000239. The molecule has 0 amide bonds. The fourth-order valence-electron chi connectivity index (χ4n) is 3.61. The first-order valence-electron chi connectivity index (χ1n) is 13.5. The number of benzene rings is 3. The van der Waals surface area contributed by atoms with E-state index in [1.165, 1.54) is 0 Å². The molecule has 1 aliphatic rings. The van der Waals surface area contributed by atoms with E-state index in [9.17, 15) is 19.8 Å². The van der Waals surface area contributed by atoms with Crippen molar-refractivity contribution in [1.82, 2.24) is 0 Å². The lowest BCUT2D eigenvalue weighted by Crippen LogP contribution is -2.31. The van der Waals surface area contributed by atoms with E-state index < -0.39 is 17.5 Å². The predicted octanol–water partition coefficient (Wildman–Crippen LogP) is 8.50. The van der Waals surface area contributed by atoms with E-state index >= 15 is 0 Å². The summed E-state index contributed by atoms with van der Waals surface area (Å²) in [6.07, 6.45) is 14.8. The minimum Gasteiger partial charge on any atom is -0.481 e. The number of hydrogen-bond donors (Lipinski definition) is 3. The largest absolute Gasteiger partial charge is 0.481 e. The second-order valence-electron chi connectivity index (χ2n) is 9.67. The maximum Gasteiger partial charge on any atom is 0.331 e. The summed E-state index contributed by atoms with van der Waals surface area (Å²) in [7, 11) is 0. The van der Waals surface area contributed by atoms with E-state index in [1.807, 2.05) is 116 Å². The summed E-state index contributed by atoms with van der Waals surface area (Å²) < 4.78 is 0. The zero-order valence-corrected chi connectivity index (χ0v) is 24.6. The maximum absolute atomic E-state index is 11.2. The molecule has 218 valence electrons. The van der Waals surface area contributed by atoms with Crippen LogP contribution in [0.5, 0.6) is 0 Å². The lowest BCUT2D eigenvalue weighted by Gasteiger charge is -2.28. The molecule has 0 saturated heterocycles. The number of hydrogen-bond acceptors (Lipinski definition) is 3. The van der Waals surface area contributed by atoms with Crippen LogP contribution in [0, 0.1) is 5.92 Å². The van der Waals surface area contributed by atoms with Gasteiger partial charge in [0.1, 0.15) is 0 Å². The van der Waals surface area contributed by atoms with Crippen LogP contribution < -0.4 is 0 Å². The summed E-state index contributed by atoms with van der Waals surface area (Å²) in [6.45, 7) is 3.66. The number of carboxylic acids is 2. The van der Waals surface area contributed by atoms with E-state index in [0.29, 0.717) is 17.0 Å². The molecule has 0 aliphatic heterocycles. The van der Waals surface area contributed by atoms with Crippen LogP contribution in [-0.2, 0) is 9.59 Å². The summed E-state index contributed by atoms with van der Waals surface area (Å²) in [5.41, 5.74) is 2.60. The second kappa shape index (κ2) is 18.1. The highest BCUT2D eigenvalue weighted by atomic mass is 35.5. The van der Waals surface area contributed by atoms with Crippen LogP contribution >= 0.6 is 11.6 Å². The molecule has 2 unspecified atom stereocenters. The Morgan fingerprint density at radius 1 is 0.786 bits per heavy atom. The number of carbonyl (C=O) groups is 2. The van der Waals surface area contributed by atoms with Crippen molar-refractivity contribution in [1.29, 1.82) is 0 Å². The molecular formula is C36H37ClO5. The first kappa shape index (κ1) is 33.8. The average Bonchev–Trinajstić information content (AvgIpc) is 2.97. The number of aliphatic carboxylic acids is 2. The molecule has 0 radical (unpaired) electrons. The molecule has 0 heterocycles. The molecule has 42 heavy (non-hydrogen) atoms. The van der Waals surface area contributed by atoms with Crippen LogP contribution in [0.2, 0.25) is 0 Å². The lowest BCUT2D eigenvalue weighted by molar-refractivity contribution is -0.136. The third-order valence-electron chi connectivity index (χ3n) is 6.24. The zero-order valence-electron chi connectivity index (χ0n) is 23.8. The third-order valence-corrected chi connectivity index (χ3v) is 6.70. The van der Waals surface area contributed by atoms with Gasteiger partial charge in [-0.3, -0.25) is 4.79 Å². The van der Waals surface area contributed by atoms with Gasteiger partial charge in [0, 0.05) is 16.5 Å². The van der Waals surface area contributed by atoms with Gasteiger partial charge in [-0.05, 0) is 42.2 Å². The van der Waals surface area contributed by atoms with Crippen LogP contribution in [-0.4, -0.2) is 32.9 Å². The highest BCUT2D eigenvalue weighted by Crippen LogP contribution is 2.31. The number of halogens is 1. The van der Waals surface area contributed by atoms with Gasteiger partial charge in [-0.15, -0.1) is 0 Å². The third kappa shape index (κ3) is 13.3. The summed E-state index contributed by atoms with van der Waals surface area (Å²) >= 11 is 5.80. The van der Waals surface area contributed by atoms with Gasteiger partial charge in [0.25, 0.3) is 0 Å². The Bertz CT molecular complexity index is 1400. The molecule has 0 spiro atoms. The molecular weight excluding hydrogens is 548 g/mol. The normalized spacial score (nSPS) is 18.0. The first-order valence-corrected chi connectivity index (χ1v) is 13.9. The van der Waals surface area contributed by atoms with Crippen molar-refractivity contribution in [3.63, 3.8) is 0 Å². The summed E-state index contributed by atoms with van der Waals surface area (Å²) in [6, 6.07) is 28.9. The molecule has 6 heteroatoms. The van der Waals surface area contributed by atoms with Crippen LogP contribution in [0.25, 0.3) is 18.2 Å². The highest BCUT2D eigenvalue weighted by Gasteiger charge is 2.29. The molecule has 2 atom stereocenters. The van der Waals surface area contributed by atoms with Crippen molar-refractivity contribution in [3.8, 4) is 0 Å². The quantitative estimate of drug-likeness (QED) is 0.231. The number of carboxylic acid groups (broad SMARTS) is 2. The minimum atomic E-state index is -0.883. The molecule has 5 nitrogen and oxygen atoms in total. The molecule has 3 aromatic carbocycles. The minimum absolute atomic E-state index is 0.0131. The summed E-state index contributed by atoms with van der Waals surface area (Å²) in [5, 5.41) is 27.9. The SMILES string of the molecule is CC1C(Cl)=CC=CC1(C)O.O=C(O)C(=Cc1ccccc1)CC=Cc1ccccc1.O=C(O)CC=Cc1ccccc1. The van der Waals surface area contributed by atoms with Crippen LogP contribution in [0.15, 0.2) is 132 Å². The lowest BCUT2D eigenvalue weighted by atomic mass is 9.87. The Labute approximate surface area is 253 Å². The molecule has 1 aliphatic carbocycles. The van der Waals surface area contributed by atoms with Crippen molar-refractivity contribution in [2.75, 3.05) is 0 Å². The van der Waals surface area contributed by atoms with Gasteiger partial charge in [0.2, 0.25) is 0 Å². The molecule has 3 N–H and O–H groups in total. The predicted molar refractivity (Wildman–Crippen MR) is 173 cm³/mol. The first-order chi connectivity index (χ1) is 20.1. The van der Waals surface area contributed by atoms with Gasteiger partial charge in [0.15, 0.2) is 0 Å². The molecule has 4 rings (SSSR count). The van der Waals surface area contributed by atoms with Gasteiger partial charge in [-0.25, -0.2) is 4.79 Å². The van der Waals surface area contributed by atoms with Gasteiger partial charge < -0.3 is 15.3 Å². The van der Waals surface area contributed by atoms with Gasteiger partial charge in [0.05, 0.1) is 12.0 Å². The van der Waals surface area contributed by atoms with Gasteiger partial charge in [-0.1, -0.05) is 146 Å². The fourth-order valence-corrected chi connectivity index (χ4v) is 3.90. The molecule has 0 saturated carbocycles. The highest BCUT2D eigenvalue weighted by molar-refractivity contribution is 6.30. The summed E-state index contributed by atoms with van der Waals surface area (Å²) in [4.78, 5) is 21.4. The van der Waals surface area contributed by atoms with Crippen molar-refractivity contribution in [3.05, 3.63) is 149 Å². The molecule has 0 aromatic heterocycles. The standard InChI is InChI=1S/C18H16O2.C10H10O2.C8H11ClO/c19-18(20)17(14-16-10-5-2-6-11-16)13-7-12-15-8-3-1-4-9-15;11-10(12)8-4-7-9-5-2-1-3-6-9;1-6-7(9)4-3-5-8(6,2)10/h1-12,14H,13H2,(H,19,20);1-7H,8H2,(H,11,12);3-6,10H,1-2H3. The number of aliphatic hydroxyl groups is 1. The topological polar surface area (TPSA) is 94.8 Å². The molecule has 3 aromatic rings. The van der Waals surface area contributed by atoms with Gasteiger partial charge in [-0.2, -0.15) is 0 Å². The molecule has 0 bridgehead atoms. The Hall–Kier alpha value is -4.45. The van der Waals surface area contributed by atoms with Crippen molar-refractivity contribution >= 4 is 41.8 Å². The monoisotopic (exact) mass is 584 g/mol. The Kier molecular flexibility index (Phi) is 14.5. The van der Waals surface area contributed by atoms with Crippen LogP contribution in [0.1, 0.15) is 43.4 Å². The average molecular weight is 585 g/mol. The Morgan fingerprint density at radius 3 is 1.64 bits per heavy atom. The maximum atomic E-state index is 11.2. The zero-order chi connectivity index (χ0) is 30.8. The van der Waals surface area contributed by atoms with Gasteiger partial charge >= 0.3 is 11.9 Å². The van der Waals surface area contributed by atoms with Crippen molar-refractivity contribution < 1.29 is 24.9 Å². The molecule has 0 fully saturated rings. The van der Waals surface area contributed by atoms with Crippen LogP contribution in [0.4, 0.5) is 0 Å². The van der Waals surface area contributed by atoms with Crippen LogP contribution in [0.3, 0.4) is 0 Å². The fraction of sp³-hybridized carbons (Fsp3) is 0.167. The van der Waals surface area contributed by atoms with E-state index in [-0.39, 0.29) is 12.3 Å². The van der Waals surface area contributed by atoms with E-state index in [2.05, 4.69) is 0 Å². The number of allylic oxidation sites excluding steroid dienone is 3. The summed E-state index contributed by atoms with van der Waals surface area (Å²) in [5.74, 6) is -1.67. The smallest absolute Gasteiger partial charge is 0.331 e. The van der Waals surface area contributed by atoms with E-state index in [4.69, 9.17) is 16.7 Å². The van der Waals surface area contributed by atoms with Crippen molar-refractivity contribution in [2.45, 2.75) is 32.3 Å². The Morgan fingerprint density at radius 2 is 1.24 bits per heavy atom.